The van der Waals surface area contributed by atoms with E-state index in [0.29, 0.717) is 60.3 Å². The lowest BCUT2D eigenvalue weighted by Crippen LogP contribution is -2.52. The van der Waals surface area contributed by atoms with Gasteiger partial charge < -0.3 is 43.0 Å². The predicted molar refractivity (Wildman–Crippen MR) is 257 cm³/mol. The van der Waals surface area contributed by atoms with Gasteiger partial charge in [0.05, 0.1) is 74.9 Å². The first-order valence-electron chi connectivity index (χ1n) is 23.4. The van der Waals surface area contributed by atoms with Gasteiger partial charge in [0.25, 0.3) is 5.91 Å². The second-order valence-electron chi connectivity index (χ2n) is 16.9. The number of aliphatic hydroxyl groups is 1. The third-order valence-corrected chi connectivity index (χ3v) is 12.2. The maximum absolute atomic E-state index is 14.0. The number of fused-ring (bicyclic) bond motifs is 1. The zero-order chi connectivity index (χ0) is 52.7. The molecule has 0 spiro atoms. The summed E-state index contributed by atoms with van der Waals surface area (Å²) in [6.45, 7) is 10.3. The average Bonchev–Trinajstić information content (AvgIpc) is 4.15. The normalized spacial score (nSPS) is 17.1. The van der Waals surface area contributed by atoms with E-state index in [-0.39, 0.29) is 30.9 Å². The maximum Gasteiger partial charge on any atom is 0.260 e. The van der Waals surface area contributed by atoms with Gasteiger partial charge in [-0.1, -0.05) is 19.9 Å². The Bertz CT molecular complexity index is 2990. The number of hydrogen-bond donors (Lipinski definition) is 1. The minimum Gasteiger partial charge on any atom is -0.495 e. The van der Waals surface area contributed by atoms with Crippen molar-refractivity contribution < 1.29 is 60.0 Å². The van der Waals surface area contributed by atoms with Crippen LogP contribution in [0, 0.1) is 48.8 Å². The molecule has 1 amide bonds. The van der Waals surface area contributed by atoms with Gasteiger partial charge in [-0.2, -0.15) is 0 Å². The highest BCUT2D eigenvalue weighted by Crippen LogP contribution is 2.35. The quantitative estimate of drug-likeness (QED) is 0.0514. The molecule has 386 valence electrons. The lowest BCUT2D eigenvalue weighted by molar-refractivity contribution is -0.152. The van der Waals surface area contributed by atoms with Gasteiger partial charge in [0, 0.05) is 43.2 Å². The summed E-state index contributed by atoms with van der Waals surface area (Å²) >= 11 is 0. The van der Waals surface area contributed by atoms with Crippen LogP contribution in [0.2, 0.25) is 0 Å². The van der Waals surface area contributed by atoms with E-state index in [1.165, 1.54) is 18.1 Å². The van der Waals surface area contributed by atoms with Crippen LogP contribution in [0.1, 0.15) is 84.1 Å². The number of imidazole rings is 2. The SMILES string of the molecule is CCC(c1cc(F)c(F)c(F)c1)N1CCOC(C(=O)c2ccc(-n3cnc(C)c3)c(OC)c2)C1=O.CCC(c1cc(F)c(F)c(F)c1)N1CCOC2C(c3ccc(-n4cnc(C)c4)c(OC)c3)=NN=C21.CCO. The molecule has 2 fully saturated rings. The molecule has 73 heavy (non-hydrogen) atoms. The Morgan fingerprint density at radius 3 is 1.67 bits per heavy atom. The van der Waals surface area contributed by atoms with E-state index >= 15 is 0 Å². The van der Waals surface area contributed by atoms with Crippen molar-refractivity contribution >= 4 is 23.2 Å². The van der Waals surface area contributed by atoms with Crippen molar-refractivity contribution in [3.05, 3.63) is 154 Å². The lowest BCUT2D eigenvalue weighted by atomic mass is 9.98. The number of aryl methyl sites for hydroxylation is 2. The number of rotatable bonds is 13. The number of amides is 1. The number of aromatic nitrogens is 4. The van der Waals surface area contributed by atoms with Crippen LogP contribution in [-0.4, -0.2) is 117 Å². The van der Waals surface area contributed by atoms with Gasteiger partial charge >= 0.3 is 0 Å². The van der Waals surface area contributed by atoms with Gasteiger partial charge in [0.2, 0.25) is 5.78 Å². The zero-order valence-electron chi connectivity index (χ0n) is 41.1. The van der Waals surface area contributed by atoms with Crippen molar-refractivity contribution in [2.24, 2.45) is 10.2 Å². The van der Waals surface area contributed by atoms with Crippen molar-refractivity contribution in [2.75, 3.05) is 47.1 Å². The fraction of sp³-hybridized carbons (Fsp3) is 0.346. The number of ether oxygens (including phenoxy) is 4. The molecule has 9 rings (SSSR count). The van der Waals surface area contributed by atoms with Gasteiger partial charge in [-0.05, 0) is 99.3 Å². The van der Waals surface area contributed by atoms with Gasteiger partial charge in [-0.25, -0.2) is 36.3 Å². The van der Waals surface area contributed by atoms with Gasteiger partial charge in [0.15, 0.2) is 52.9 Å². The molecule has 2 saturated heterocycles. The number of amidine groups is 1. The van der Waals surface area contributed by atoms with E-state index in [9.17, 15) is 35.9 Å². The molecule has 0 saturated carbocycles. The topological polar surface area (TPSA) is 158 Å². The molecule has 21 heteroatoms. The summed E-state index contributed by atoms with van der Waals surface area (Å²) in [4.78, 5) is 38.3. The van der Waals surface area contributed by atoms with Crippen LogP contribution in [0.4, 0.5) is 26.3 Å². The van der Waals surface area contributed by atoms with Gasteiger partial charge in [-0.15, -0.1) is 10.2 Å². The number of aliphatic hydroxyl groups excluding tert-OH is 1. The van der Waals surface area contributed by atoms with Crippen LogP contribution in [0.5, 0.6) is 11.5 Å². The molecule has 4 aromatic carbocycles. The van der Waals surface area contributed by atoms with E-state index in [1.54, 1.807) is 56.5 Å². The third kappa shape index (κ3) is 11.3. The number of nitrogens with zero attached hydrogens (tertiary/aromatic N) is 8. The Labute approximate surface area is 417 Å². The summed E-state index contributed by atoms with van der Waals surface area (Å²) in [5.41, 5.74) is 5.21. The molecule has 3 aliphatic rings. The lowest BCUT2D eigenvalue weighted by Gasteiger charge is -2.39. The molecule has 15 nitrogen and oxygen atoms in total. The summed E-state index contributed by atoms with van der Waals surface area (Å²) in [6, 6.07) is 13.1. The largest absolute Gasteiger partial charge is 0.495 e. The standard InChI is InChI=1S/C25H24F3N5O2.C25H24F3N3O4.C2H6O/c1-4-19(16-9-17(26)22(28)18(27)10-16)33-7-8-35-24-23(30-31-25(24)33)15-5-6-20(21(11-15)34-3)32-12-14(2)29-13-32;1-4-19(16-9-17(26)22(28)18(27)10-16)31-7-8-35-24(25(31)33)23(32)15-5-6-20(21(11-15)34-3)30-12-14(2)29-13-30;1-2-3/h2*5-6,9-13,19,24H,4,7-8H2,1-3H3;3H,2H2,1H3. The molecule has 0 bridgehead atoms. The molecule has 1 N–H and O–H groups in total. The number of methoxy groups -OCH3 is 2. The minimum absolute atomic E-state index is 0.0499. The Balaban J connectivity index is 0.000000203. The monoisotopic (exact) mass is 1020 g/mol. The van der Waals surface area contributed by atoms with Crippen molar-refractivity contribution in [3.8, 4) is 22.9 Å². The number of Topliss-reactive ketones (excluding diaryl/α,β-unsaturated/α-hetero) is 1. The van der Waals surface area contributed by atoms with Crippen molar-refractivity contribution in [1.29, 1.82) is 0 Å². The number of carbonyl (C=O) groups excluding carboxylic acids is 2. The first kappa shape index (κ1) is 53.4. The molecule has 3 aliphatic heterocycles. The maximum atomic E-state index is 14.0. The average molecular weight is 1020 g/mol. The van der Waals surface area contributed by atoms with Crippen LogP contribution in [-0.2, 0) is 14.3 Å². The van der Waals surface area contributed by atoms with Gasteiger partial charge in [0.1, 0.15) is 17.2 Å². The Kier molecular flexibility index (Phi) is 17.2. The zero-order valence-corrected chi connectivity index (χ0v) is 41.1. The fourth-order valence-electron chi connectivity index (χ4n) is 8.86. The second-order valence-corrected chi connectivity index (χ2v) is 16.9. The number of halogens is 6. The molecular formula is C52H54F6N8O7. The number of benzene rings is 4. The number of ketones is 1. The van der Waals surface area contributed by atoms with Crippen molar-refractivity contribution in [2.45, 2.75) is 71.8 Å². The first-order chi connectivity index (χ1) is 35.1. The molecular weight excluding hydrogens is 963 g/mol. The van der Waals surface area contributed by atoms with Crippen LogP contribution in [0.15, 0.2) is 95.9 Å². The van der Waals surface area contributed by atoms with E-state index < -0.39 is 70.9 Å². The van der Waals surface area contributed by atoms with Crippen molar-refractivity contribution in [1.82, 2.24) is 28.9 Å². The molecule has 2 aromatic heterocycles. The highest BCUT2D eigenvalue weighted by molar-refractivity contribution is 6.20. The molecule has 4 atom stereocenters. The van der Waals surface area contributed by atoms with E-state index in [2.05, 4.69) is 20.2 Å². The number of carbonyl (C=O) groups is 2. The van der Waals surface area contributed by atoms with Crippen LogP contribution < -0.4 is 9.47 Å². The Morgan fingerprint density at radius 1 is 0.699 bits per heavy atom. The van der Waals surface area contributed by atoms with Crippen LogP contribution in [0.3, 0.4) is 0 Å². The van der Waals surface area contributed by atoms with E-state index in [0.717, 1.165) is 46.9 Å². The number of morpholine rings is 2. The summed E-state index contributed by atoms with van der Waals surface area (Å²) in [6.07, 6.45) is 5.89. The molecule has 6 aromatic rings. The highest BCUT2D eigenvalue weighted by Gasteiger charge is 2.41. The Hall–Kier alpha value is -7.36. The number of hydrogen-bond acceptors (Lipinski definition) is 12. The minimum atomic E-state index is -1.58. The summed E-state index contributed by atoms with van der Waals surface area (Å²) in [5.74, 6) is -7.78. The smallest absolute Gasteiger partial charge is 0.260 e. The van der Waals surface area contributed by atoms with Crippen LogP contribution in [0.25, 0.3) is 11.4 Å². The molecule has 4 unspecified atom stereocenters. The van der Waals surface area contributed by atoms with E-state index in [4.69, 9.17) is 24.1 Å². The summed E-state index contributed by atoms with van der Waals surface area (Å²) in [5, 5.41) is 16.3. The highest BCUT2D eigenvalue weighted by atomic mass is 19.2. The van der Waals surface area contributed by atoms with Crippen molar-refractivity contribution in [3.63, 3.8) is 0 Å². The van der Waals surface area contributed by atoms with Gasteiger partial charge in [-0.3, -0.25) is 9.59 Å². The molecule has 0 aliphatic carbocycles. The first-order valence-corrected chi connectivity index (χ1v) is 23.4. The Morgan fingerprint density at radius 2 is 1.18 bits per heavy atom. The molecule has 5 heterocycles. The van der Waals surface area contributed by atoms with Crippen LogP contribution >= 0.6 is 0 Å². The van der Waals surface area contributed by atoms with E-state index in [1.807, 2.05) is 54.6 Å². The summed E-state index contributed by atoms with van der Waals surface area (Å²) in [7, 11) is 3.06. The molecule has 0 radical (unpaired) electrons. The predicted octanol–water partition coefficient (Wildman–Crippen LogP) is 8.74. The fourth-order valence-corrected chi connectivity index (χ4v) is 8.86. The third-order valence-electron chi connectivity index (χ3n) is 12.2. The summed E-state index contributed by atoms with van der Waals surface area (Å²) < 4.78 is 109. The second kappa shape index (κ2) is 23.5.